The second-order valence-electron chi connectivity index (χ2n) is 6.05. The predicted molar refractivity (Wildman–Crippen MR) is 93.8 cm³/mol. The van der Waals surface area contributed by atoms with Gasteiger partial charge in [-0.3, -0.25) is 4.68 Å². The van der Waals surface area contributed by atoms with Crippen molar-refractivity contribution in [1.82, 2.24) is 20.4 Å². The first-order valence-corrected chi connectivity index (χ1v) is 8.50. The first-order valence-electron chi connectivity index (χ1n) is 8.50. The molecule has 25 heavy (non-hydrogen) atoms. The number of carbonyl (C=O) groups is 1. The van der Waals surface area contributed by atoms with Crippen molar-refractivity contribution in [3.63, 3.8) is 0 Å². The van der Waals surface area contributed by atoms with E-state index in [1.165, 1.54) is 0 Å². The Balaban J connectivity index is 1.64. The van der Waals surface area contributed by atoms with Crippen LogP contribution in [0.15, 0.2) is 24.3 Å². The standard InChI is InChI=1S/C18H24N4O3/c1-4-24-14-5-6-17-15(10-14)16(7-8-25-17)20-18(23)19-11-13-9-12(2)21-22(13)3/h5-6,9-10,16H,4,7-8,11H2,1-3H3,(H2,19,20,23)/t16-/m0/s1. The van der Waals surface area contributed by atoms with E-state index in [9.17, 15) is 4.79 Å². The molecule has 2 amide bonds. The Hall–Kier alpha value is -2.70. The summed E-state index contributed by atoms with van der Waals surface area (Å²) in [7, 11) is 1.87. The van der Waals surface area contributed by atoms with Crippen LogP contribution in [0.3, 0.4) is 0 Å². The number of benzene rings is 1. The van der Waals surface area contributed by atoms with Gasteiger partial charge in [-0.2, -0.15) is 5.10 Å². The molecule has 0 fully saturated rings. The zero-order valence-corrected chi connectivity index (χ0v) is 14.8. The van der Waals surface area contributed by atoms with E-state index in [0.717, 1.165) is 34.9 Å². The first kappa shape index (κ1) is 17.1. The van der Waals surface area contributed by atoms with E-state index in [-0.39, 0.29) is 12.1 Å². The largest absolute Gasteiger partial charge is 0.494 e. The number of hydrogen-bond acceptors (Lipinski definition) is 4. The van der Waals surface area contributed by atoms with Crippen LogP contribution in [0.5, 0.6) is 11.5 Å². The highest BCUT2D eigenvalue weighted by molar-refractivity contribution is 5.74. The fourth-order valence-electron chi connectivity index (χ4n) is 2.99. The van der Waals surface area contributed by atoms with E-state index in [4.69, 9.17) is 9.47 Å². The molecule has 0 saturated heterocycles. The van der Waals surface area contributed by atoms with Crippen molar-refractivity contribution in [3.05, 3.63) is 41.2 Å². The molecule has 0 radical (unpaired) electrons. The van der Waals surface area contributed by atoms with Crippen LogP contribution >= 0.6 is 0 Å². The van der Waals surface area contributed by atoms with Crippen molar-refractivity contribution in [2.24, 2.45) is 7.05 Å². The van der Waals surface area contributed by atoms with Crippen molar-refractivity contribution in [2.75, 3.05) is 13.2 Å². The quantitative estimate of drug-likeness (QED) is 0.873. The molecule has 0 unspecified atom stereocenters. The Kier molecular flexibility index (Phi) is 5.11. The molecule has 3 rings (SSSR count). The Morgan fingerprint density at radius 2 is 2.28 bits per heavy atom. The van der Waals surface area contributed by atoms with Crippen molar-refractivity contribution in [1.29, 1.82) is 0 Å². The summed E-state index contributed by atoms with van der Waals surface area (Å²) in [6.45, 7) is 5.48. The molecule has 0 saturated carbocycles. The maximum absolute atomic E-state index is 12.3. The molecule has 2 heterocycles. The van der Waals surface area contributed by atoms with E-state index in [2.05, 4.69) is 15.7 Å². The monoisotopic (exact) mass is 344 g/mol. The van der Waals surface area contributed by atoms with E-state index >= 15 is 0 Å². The highest BCUT2D eigenvalue weighted by Crippen LogP contribution is 2.34. The number of hydrogen-bond donors (Lipinski definition) is 2. The number of fused-ring (bicyclic) bond motifs is 1. The lowest BCUT2D eigenvalue weighted by Crippen LogP contribution is -2.39. The molecule has 2 N–H and O–H groups in total. The number of amides is 2. The zero-order chi connectivity index (χ0) is 17.8. The normalized spacial score (nSPS) is 15.9. The van der Waals surface area contributed by atoms with Crippen LogP contribution < -0.4 is 20.1 Å². The molecule has 0 aliphatic carbocycles. The van der Waals surface area contributed by atoms with Gasteiger partial charge in [-0.05, 0) is 38.1 Å². The topological polar surface area (TPSA) is 77.4 Å². The van der Waals surface area contributed by atoms with Crippen LogP contribution in [0.25, 0.3) is 0 Å². The number of aryl methyl sites for hydroxylation is 2. The van der Waals surface area contributed by atoms with Gasteiger partial charge >= 0.3 is 6.03 Å². The molecule has 1 aliphatic heterocycles. The molecular formula is C18H24N4O3. The van der Waals surface area contributed by atoms with Gasteiger partial charge in [0.25, 0.3) is 0 Å². The highest BCUT2D eigenvalue weighted by Gasteiger charge is 2.23. The molecule has 0 bridgehead atoms. The lowest BCUT2D eigenvalue weighted by atomic mass is 10.0. The molecule has 1 atom stereocenters. The minimum atomic E-state index is -0.210. The Morgan fingerprint density at radius 1 is 1.44 bits per heavy atom. The summed E-state index contributed by atoms with van der Waals surface area (Å²) in [5.74, 6) is 1.58. The van der Waals surface area contributed by atoms with E-state index in [0.29, 0.717) is 19.8 Å². The first-order chi connectivity index (χ1) is 12.1. The summed E-state index contributed by atoms with van der Waals surface area (Å²) in [6, 6.07) is 7.36. The van der Waals surface area contributed by atoms with Crippen LogP contribution in [0.4, 0.5) is 4.79 Å². The maximum Gasteiger partial charge on any atom is 0.315 e. The second kappa shape index (κ2) is 7.46. The molecule has 1 aromatic carbocycles. The van der Waals surface area contributed by atoms with Crippen LogP contribution in [-0.4, -0.2) is 29.0 Å². The van der Waals surface area contributed by atoms with E-state index < -0.39 is 0 Å². The van der Waals surface area contributed by atoms with Gasteiger partial charge in [-0.25, -0.2) is 4.79 Å². The van der Waals surface area contributed by atoms with E-state index in [1.807, 2.05) is 45.2 Å². The summed E-state index contributed by atoms with van der Waals surface area (Å²) < 4.78 is 13.0. The Bertz CT molecular complexity index is 757. The molecular weight excluding hydrogens is 320 g/mol. The Morgan fingerprint density at radius 3 is 3.00 bits per heavy atom. The van der Waals surface area contributed by atoms with Gasteiger partial charge in [0.15, 0.2) is 0 Å². The van der Waals surface area contributed by atoms with Crippen LogP contribution in [0.1, 0.15) is 36.3 Å². The van der Waals surface area contributed by atoms with Crippen molar-refractivity contribution in [3.8, 4) is 11.5 Å². The molecule has 7 heteroatoms. The molecule has 7 nitrogen and oxygen atoms in total. The van der Waals surface area contributed by atoms with Gasteiger partial charge in [0.05, 0.1) is 37.2 Å². The van der Waals surface area contributed by atoms with Crippen LogP contribution in [0, 0.1) is 6.92 Å². The van der Waals surface area contributed by atoms with Crippen molar-refractivity contribution >= 4 is 6.03 Å². The van der Waals surface area contributed by atoms with Gasteiger partial charge in [0, 0.05) is 19.0 Å². The number of nitrogens with one attached hydrogen (secondary N) is 2. The summed E-state index contributed by atoms with van der Waals surface area (Å²) in [6.07, 6.45) is 0.723. The molecule has 0 spiro atoms. The van der Waals surface area contributed by atoms with Gasteiger partial charge < -0.3 is 20.1 Å². The fourth-order valence-corrected chi connectivity index (χ4v) is 2.99. The van der Waals surface area contributed by atoms with Gasteiger partial charge in [0.1, 0.15) is 11.5 Å². The molecule has 2 aromatic rings. The molecule has 1 aromatic heterocycles. The highest BCUT2D eigenvalue weighted by atomic mass is 16.5. The van der Waals surface area contributed by atoms with Crippen LogP contribution in [-0.2, 0) is 13.6 Å². The van der Waals surface area contributed by atoms with Crippen molar-refractivity contribution in [2.45, 2.75) is 32.9 Å². The minimum Gasteiger partial charge on any atom is -0.494 e. The second-order valence-corrected chi connectivity index (χ2v) is 6.05. The maximum atomic E-state index is 12.3. The third-order valence-corrected chi connectivity index (χ3v) is 4.17. The summed E-state index contributed by atoms with van der Waals surface area (Å²) in [5, 5.41) is 10.2. The van der Waals surface area contributed by atoms with Crippen molar-refractivity contribution < 1.29 is 14.3 Å². The number of urea groups is 1. The third-order valence-electron chi connectivity index (χ3n) is 4.17. The third kappa shape index (κ3) is 4.04. The average Bonchev–Trinajstić information content (AvgIpc) is 2.91. The smallest absolute Gasteiger partial charge is 0.315 e. The number of aromatic nitrogens is 2. The summed E-state index contributed by atoms with van der Waals surface area (Å²) >= 11 is 0. The lowest BCUT2D eigenvalue weighted by Gasteiger charge is -2.27. The number of ether oxygens (including phenoxy) is 2. The van der Waals surface area contributed by atoms with E-state index in [1.54, 1.807) is 4.68 Å². The predicted octanol–water partition coefficient (Wildman–Crippen LogP) is 2.45. The minimum absolute atomic E-state index is 0.0996. The lowest BCUT2D eigenvalue weighted by molar-refractivity contribution is 0.222. The molecule has 1 aliphatic rings. The molecule has 134 valence electrons. The summed E-state index contributed by atoms with van der Waals surface area (Å²) in [5.41, 5.74) is 2.84. The number of rotatable bonds is 5. The summed E-state index contributed by atoms with van der Waals surface area (Å²) in [4.78, 5) is 12.3. The zero-order valence-electron chi connectivity index (χ0n) is 14.8. The Labute approximate surface area is 147 Å². The average molecular weight is 344 g/mol. The number of nitrogens with zero attached hydrogens (tertiary/aromatic N) is 2. The fraction of sp³-hybridized carbons (Fsp3) is 0.444. The van der Waals surface area contributed by atoms with Gasteiger partial charge in [-0.15, -0.1) is 0 Å². The van der Waals surface area contributed by atoms with Crippen LogP contribution in [0.2, 0.25) is 0 Å². The SMILES string of the molecule is CCOc1ccc2c(c1)[C@@H](NC(=O)NCc1cc(C)nn1C)CCO2. The van der Waals surface area contributed by atoms with Gasteiger partial charge in [-0.1, -0.05) is 0 Å². The van der Waals surface area contributed by atoms with Gasteiger partial charge in [0.2, 0.25) is 0 Å². The number of carbonyl (C=O) groups excluding carboxylic acids is 1.